The molecule has 28 heavy (non-hydrogen) atoms. The molecule has 1 unspecified atom stereocenters. The molecule has 1 heterocycles. The second-order valence-corrected chi connectivity index (χ2v) is 7.23. The van der Waals surface area contributed by atoms with Gasteiger partial charge in [0.15, 0.2) is 0 Å². The summed E-state index contributed by atoms with van der Waals surface area (Å²) in [7, 11) is 0. The number of benzene rings is 2. The molecular formula is C21H18Cl2N2O3. The van der Waals surface area contributed by atoms with Gasteiger partial charge in [0.2, 0.25) is 0 Å². The molecule has 1 aliphatic rings. The minimum Gasteiger partial charge on any atom is -0.478 e. The van der Waals surface area contributed by atoms with E-state index in [4.69, 9.17) is 23.2 Å². The lowest BCUT2D eigenvalue weighted by Crippen LogP contribution is -2.28. The standard InChI is InChI=1S/C21H18Cl2N2O3/c1-2-19-18(20(26)25(24-19)17-9-7-16(23)8-10-17)12-14(21(27)28)11-13-3-5-15(22)6-4-13/h3-11,18H,2,12H2,1H3,(H,27,28)/b14-11-. The molecule has 0 aliphatic carbocycles. The van der Waals surface area contributed by atoms with Crippen molar-refractivity contribution < 1.29 is 14.7 Å². The second-order valence-electron chi connectivity index (χ2n) is 6.35. The smallest absolute Gasteiger partial charge is 0.331 e. The Balaban J connectivity index is 1.87. The second kappa shape index (κ2) is 8.59. The van der Waals surface area contributed by atoms with Crippen molar-refractivity contribution in [2.24, 2.45) is 11.0 Å². The van der Waals surface area contributed by atoms with Crippen LogP contribution in [0.5, 0.6) is 0 Å². The van der Waals surface area contributed by atoms with Crippen LogP contribution in [0.1, 0.15) is 25.3 Å². The number of carboxylic acid groups (broad SMARTS) is 1. The largest absolute Gasteiger partial charge is 0.478 e. The predicted molar refractivity (Wildman–Crippen MR) is 112 cm³/mol. The van der Waals surface area contributed by atoms with Gasteiger partial charge >= 0.3 is 5.97 Å². The highest BCUT2D eigenvalue weighted by molar-refractivity contribution is 6.31. The van der Waals surface area contributed by atoms with Gasteiger partial charge in [-0.15, -0.1) is 0 Å². The van der Waals surface area contributed by atoms with Crippen LogP contribution in [-0.4, -0.2) is 22.7 Å². The van der Waals surface area contributed by atoms with Crippen LogP contribution in [0.4, 0.5) is 5.69 Å². The number of hydrogen-bond donors (Lipinski definition) is 1. The van der Waals surface area contributed by atoms with E-state index in [-0.39, 0.29) is 17.9 Å². The summed E-state index contributed by atoms with van der Waals surface area (Å²) in [6, 6.07) is 13.6. The van der Waals surface area contributed by atoms with Crippen LogP contribution in [0.2, 0.25) is 10.0 Å². The lowest BCUT2D eigenvalue weighted by Gasteiger charge is -2.15. The molecule has 2 aromatic carbocycles. The molecule has 1 aliphatic heterocycles. The number of hydrogen-bond acceptors (Lipinski definition) is 3. The fourth-order valence-corrected chi connectivity index (χ4v) is 3.27. The Hall–Kier alpha value is -2.63. The van der Waals surface area contributed by atoms with Crippen LogP contribution in [0, 0.1) is 5.92 Å². The average Bonchev–Trinajstić information content (AvgIpc) is 2.99. The van der Waals surface area contributed by atoms with Crippen molar-refractivity contribution in [1.82, 2.24) is 0 Å². The highest BCUT2D eigenvalue weighted by atomic mass is 35.5. The van der Waals surface area contributed by atoms with E-state index in [9.17, 15) is 14.7 Å². The molecule has 0 saturated carbocycles. The number of amides is 1. The van der Waals surface area contributed by atoms with Gasteiger partial charge in [0.05, 0.1) is 17.3 Å². The quantitative estimate of drug-likeness (QED) is 0.650. The number of anilines is 1. The van der Waals surface area contributed by atoms with Crippen LogP contribution >= 0.6 is 23.2 Å². The van der Waals surface area contributed by atoms with E-state index in [1.807, 2.05) is 6.92 Å². The summed E-state index contributed by atoms with van der Waals surface area (Å²) >= 11 is 11.8. The topological polar surface area (TPSA) is 70.0 Å². The minimum absolute atomic E-state index is 0.0631. The van der Waals surface area contributed by atoms with Gasteiger partial charge in [-0.25, -0.2) is 9.80 Å². The third-order valence-electron chi connectivity index (χ3n) is 4.48. The zero-order chi connectivity index (χ0) is 20.3. The van der Waals surface area contributed by atoms with Gasteiger partial charge in [-0.2, -0.15) is 5.10 Å². The predicted octanol–water partition coefficient (Wildman–Crippen LogP) is 5.28. The Morgan fingerprint density at radius 1 is 1.11 bits per heavy atom. The van der Waals surface area contributed by atoms with E-state index in [0.717, 1.165) is 0 Å². The summed E-state index contributed by atoms with van der Waals surface area (Å²) in [5.74, 6) is -1.93. The first-order valence-electron chi connectivity index (χ1n) is 8.75. The third-order valence-corrected chi connectivity index (χ3v) is 4.98. The van der Waals surface area contributed by atoms with Crippen LogP contribution in [0.3, 0.4) is 0 Å². The number of hydrazone groups is 1. The van der Waals surface area contributed by atoms with Gasteiger partial charge in [-0.3, -0.25) is 4.79 Å². The molecule has 1 N–H and O–H groups in total. The van der Waals surface area contributed by atoms with E-state index in [1.54, 1.807) is 54.6 Å². The zero-order valence-electron chi connectivity index (χ0n) is 15.1. The monoisotopic (exact) mass is 416 g/mol. The lowest BCUT2D eigenvalue weighted by molar-refractivity contribution is -0.132. The molecule has 3 rings (SSSR count). The molecule has 0 saturated heterocycles. The maximum absolute atomic E-state index is 13.0. The summed E-state index contributed by atoms with van der Waals surface area (Å²) in [5, 5.41) is 16.5. The molecule has 144 valence electrons. The number of carbonyl (C=O) groups excluding carboxylic acids is 1. The lowest BCUT2D eigenvalue weighted by atomic mass is 9.92. The van der Waals surface area contributed by atoms with Gasteiger partial charge in [0.1, 0.15) is 0 Å². The Kier molecular flexibility index (Phi) is 6.17. The van der Waals surface area contributed by atoms with Crippen molar-refractivity contribution >= 4 is 52.6 Å². The first kappa shape index (κ1) is 20.1. The number of nitrogens with zero attached hydrogens (tertiary/aromatic N) is 2. The van der Waals surface area contributed by atoms with Crippen molar-refractivity contribution in [2.75, 3.05) is 5.01 Å². The Labute approximate surface area is 172 Å². The Bertz CT molecular complexity index is 951. The van der Waals surface area contributed by atoms with E-state index in [0.29, 0.717) is 33.4 Å². The number of carboxylic acids is 1. The molecule has 0 fully saturated rings. The minimum atomic E-state index is -1.07. The summed E-state index contributed by atoms with van der Waals surface area (Å²) in [6.07, 6.45) is 2.17. The van der Waals surface area contributed by atoms with Gasteiger partial charge in [0.25, 0.3) is 5.91 Å². The normalized spacial score (nSPS) is 17.0. The SMILES string of the molecule is CCC1=NN(c2ccc(Cl)cc2)C(=O)C1C/C(=C/c1ccc(Cl)cc1)C(=O)O. The third kappa shape index (κ3) is 4.43. The maximum Gasteiger partial charge on any atom is 0.331 e. The van der Waals surface area contributed by atoms with Gasteiger partial charge in [-0.05, 0) is 60.9 Å². The van der Waals surface area contributed by atoms with Crippen LogP contribution < -0.4 is 5.01 Å². The summed E-state index contributed by atoms with van der Waals surface area (Å²) < 4.78 is 0. The summed E-state index contributed by atoms with van der Waals surface area (Å²) in [4.78, 5) is 24.7. The van der Waals surface area contributed by atoms with E-state index in [1.165, 1.54) is 5.01 Å². The van der Waals surface area contributed by atoms with Crippen molar-refractivity contribution in [3.05, 3.63) is 69.7 Å². The molecule has 7 heteroatoms. The van der Waals surface area contributed by atoms with Crippen molar-refractivity contribution in [3.8, 4) is 0 Å². The average molecular weight is 417 g/mol. The van der Waals surface area contributed by atoms with Gasteiger partial charge < -0.3 is 5.11 Å². The van der Waals surface area contributed by atoms with E-state index >= 15 is 0 Å². The van der Waals surface area contributed by atoms with Crippen molar-refractivity contribution in [3.63, 3.8) is 0 Å². The molecule has 1 amide bonds. The number of halogens is 2. The summed E-state index contributed by atoms with van der Waals surface area (Å²) in [6.45, 7) is 1.90. The molecule has 0 radical (unpaired) electrons. The van der Waals surface area contributed by atoms with E-state index in [2.05, 4.69) is 5.10 Å². The molecule has 0 bridgehead atoms. The van der Waals surface area contributed by atoms with Crippen molar-refractivity contribution in [1.29, 1.82) is 0 Å². The number of carbonyl (C=O) groups is 2. The van der Waals surface area contributed by atoms with Crippen LogP contribution in [0.25, 0.3) is 6.08 Å². The molecule has 1 atom stereocenters. The molecular weight excluding hydrogens is 399 g/mol. The first-order valence-corrected chi connectivity index (χ1v) is 9.51. The highest BCUT2D eigenvalue weighted by Gasteiger charge is 2.37. The summed E-state index contributed by atoms with van der Waals surface area (Å²) in [5.41, 5.74) is 2.10. The van der Waals surface area contributed by atoms with Crippen LogP contribution in [0.15, 0.2) is 59.2 Å². The molecule has 2 aromatic rings. The Morgan fingerprint density at radius 3 is 2.21 bits per heavy atom. The maximum atomic E-state index is 13.0. The van der Waals surface area contributed by atoms with Gasteiger partial charge in [-0.1, -0.05) is 42.3 Å². The van der Waals surface area contributed by atoms with Gasteiger partial charge in [0, 0.05) is 15.6 Å². The first-order chi connectivity index (χ1) is 13.4. The molecule has 5 nitrogen and oxygen atoms in total. The fraction of sp³-hybridized carbons (Fsp3) is 0.190. The molecule has 0 aromatic heterocycles. The Morgan fingerprint density at radius 2 is 1.68 bits per heavy atom. The van der Waals surface area contributed by atoms with E-state index < -0.39 is 11.9 Å². The molecule has 0 spiro atoms. The number of aliphatic carboxylic acids is 1. The zero-order valence-corrected chi connectivity index (χ0v) is 16.6. The number of rotatable bonds is 6. The van der Waals surface area contributed by atoms with Crippen molar-refractivity contribution in [2.45, 2.75) is 19.8 Å². The fourth-order valence-electron chi connectivity index (χ4n) is 3.02. The highest BCUT2D eigenvalue weighted by Crippen LogP contribution is 2.30. The van der Waals surface area contributed by atoms with Crippen LogP contribution in [-0.2, 0) is 9.59 Å².